The molecule has 1 saturated carbocycles. The van der Waals surface area contributed by atoms with Crippen LogP contribution in [0.2, 0.25) is 0 Å². The highest BCUT2D eigenvalue weighted by molar-refractivity contribution is 7.89. The van der Waals surface area contributed by atoms with Crippen molar-refractivity contribution in [1.82, 2.24) is 19.0 Å². The first-order valence-electron chi connectivity index (χ1n) is 7.82. The van der Waals surface area contributed by atoms with Gasteiger partial charge in [-0.3, -0.25) is 0 Å². The van der Waals surface area contributed by atoms with Gasteiger partial charge in [0.25, 0.3) is 5.89 Å². The Labute approximate surface area is 136 Å². The molecule has 1 aliphatic rings. The van der Waals surface area contributed by atoms with Gasteiger partial charge in [0.05, 0.1) is 0 Å². The highest BCUT2D eigenvalue weighted by atomic mass is 32.2. The van der Waals surface area contributed by atoms with Gasteiger partial charge in [0.1, 0.15) is 10.6 Å². The highest BCUT2D eigenvalue weighted by Crippen LogP contribution is 2.32. The molecule has 7 nitrogen and oxygen atoms in total. The Morgan fingerprint density at radius 2 is 1.96 bits per heavy atom. The molecule has 0 aliphatic heterocycles. The van der Waals surface area contributed by atoms with Gasteiger partial charge in [0.2, 0.25) is 10.0 Å². The van der Waals surface area contributed by atoms with Crippen LogP contribution >= 0.6 is 0 Å². The Bertz CT molecular complexity index is 786. The first-order chi connectivity index (χ1) is 10.9. The lowest BCUT2D eigenvalue weighted by Crippen LogP contribution is -2.21. The van der Waals surface area contributed by atoms with Gasteiger partial charge in [-0.1, -0.05) is 24.4 Å². The molecule has 0 saturated heterocycles. The Kier molecular flexibility index (Phi) is 4.29. The average Bonchev–Trinajstić information content (AvgIpc) is 3.14. The minimum atomic E-state index is -3.48. The Hall–Kier alpha value is -1.67. The summed E-state index contributed by atoms with van der Waals surface area (Å²) in [5, 5.41) is 4.10. The predicted molar refractivity (Wildman–Crippen MR) is 85.4 cm³/mol. The van der Waals surface area contributed by atoms with Crippen LogP contribution in [0.4, 0.5) is 0 Å². The zero-order chi connectivity index (χ0) is 16.6. The fourth-order valence-corrected chi connectivity index (χ4v) is 3.94. The van der Waals surface area contributed by atoms with E-state index in [1.54, 1.807) is 23.9 Å². The third kappa shape index (κ3) is 3.05. The fraction of sp³-hybridized carbons (Fsp3) is 0.600. The second-order valence-electron chi connectivity index (χ2n) is 6.25. The standard InChI is InChI=1S/C15H22N4O3S/c1-18(2)23(20,21)12-9-13(19(3)10-12)15-16-14(17-22-15)11-7-5-4-6-8-11/h9-11H,4-8H2,1-3H3. The molecule has 23 heavy (non-hydrogen) atoms. The smallest absolute Gasteiger partial charge is 0.274 e. The lowest BCUT2D eigenvalue weighted by Gasteiger charge is -2.17. The molecule has 0 amide bonds. The average molecular weight is 338 g/mol. The number of rotatable bonds is 4. The number of hydrogen-bond donors (Lipinski definition) is 0. The Morgan fingerprint density at radius 1 is 1.26 bits per heavy atom. The quantitative estimate of drug-likeness (QED) is 0.855. The number of aryl methyl sites for hydroxylation is 1. The summed E-state index contributed by atoms with van der Waals surface area (Å²) in [6.45, 7) is 0. The maximum atomic E-state index is 12.2. The molecule has 8 heteroatoms. The van der Waals surface area contributed by atoms with E-state index in [0.717, 1.165) is 18.7 Å². The molecule has 0 bridgehead atoms. The summed E-state index contributed by atoms with van der Waals surface area (Å²) < 4.78 is 32.7. The van der Waals surface area contributed by atoms with Crippen molar-refractivity contribution >= 4 is 10.0 Å². The number of hydrogen-bond acceptors (Lipinski definition) is 5. The first-order valence-corrected chi connectivity index (χ1v) is 9.26. The van der Waals surface area contributed by atoms with E-state index in [-0.39, 0.29) is 4.90 Å². The second kappa shape index (κ2) is 6.09. The molecule has 0 aromatic carbocycles. The predicted octanol–water partition coefficient (Wildman–Crippen LogP) is 2.37. The van der Waals surface area contributed by atoms with Gasteiger partial charge in [0, 0.05) is 33.3 Å². The highest BCUT2D eigenvalue weighted by Gasteiger charge is 2.25. The van der Waals surface area contributed by atoms with E-state index in [9.17, 15) is 8.42 Å². The molecular formula is C15H22N4O3S. The molecule has 1 aliphatic carbocycles. The molecule has 0 unspecified atom stereocenters. The van der Waals surface area contributed by atoms with Gasteiger partial charge < -0.3 is 9.09 Å². The van der Waals surface area contributed by atoms with Crippen molar-refractivity contribution in [3.05, 3.63) is 18.1 Å². The lowest BCUT2D eigenvalue weighted by molar-refractivity contribution is 0.384. The molecule has 0 N–H and O–H groups in total. The molecule has 0 radical (unpaired) electrons. The minimum Gasteiger partial charge on any atom is -0.345 e. The van der Waals surface area contributed by atoms with Crippen LogP contribution in [0.5, 0.6) is 0 Å². The zero-order valence-corrected chi connectivity index (χ0v) is 14.5. The maximum Gasteiger partial charge on any atom is 0.274 e. The van der Waals surface area contributed by atoms with Crippen molar-refractivity contribution < 1.29 is 12.9 Å². The Morgan fingerprint density at radius 3 is 2.61 bits per heavy atom. The van der Waals surface area contributed by atoms with Crippen molar-refractivity contribution in [2.75, 3.05) is 14.1 Å². The molecule has 2 aromatic rings. The third-order valence-corrected chi connectivity index (χ3v) is 6.17. The van der Waals surface area contributed by atoms with Crippen molar-refractivity contribution in [3.63, 3.8) is 0 Å². The summed E-state index contributed by atoms with van der Waals surface area (Å²) >= 11 is 0. The van der Waals surface area contributed by atoms with E-state index in [4.69, 9.17) is 4.52 Å². The molecule has 0 spiro atoms. The van der Waals surface area contributed by atoms with E-state index in [2.05, 4.69) is 10.1 Å². The molecule has 3 rings (SSSR count). The van der Waals surface area contributed by atoms with Crippen molar-refractivity contribution in [2.45, 2.75) is 42.9 Å². The monoisotopic (exact) mass is 338 g/mol. The Balaban J connectivity index is 1.91. The van der Waals surface area contributed by atoms with E-state index in [1.165, 1.54) is 37.7 Å². The zero-order valence-electron chi connectivity index (χ0n) is 13.7. The second-order valence-corrected chi connectivity index (χ2v) is 8.40. The van der Waals surface area contributed by atoms with Gasteiger partial charge in [-0.05, 0) is 18.9 Å². The first kappa shape index (κ1) is 16.2. The summed E-state index contributed by atoms with van der Waals surface area (Å²) in [6.07, 6.45) is 7.41. The molecule has 2 heterocycles. The molecular weight excluding hydrogens is 316 g/mol. The largest absolute Gasteiger partial charge is 0.345 e. The van der Waals surface area contributed by atoms with Crippen LogP contribution in [0.3, 0.4) is 0 Å². The number of sulfonamides is 1. The van der Waals surface area contributed by atoms with E-state index in [1.807, 2.05) is 0 Å². The van der Waals surface area contributed by atoms with Gasteiger partial charge in [-0.2, -0.15) is 4.98 Å². The van der Waals surface area contributed by atoms with Crippen molar-refractivity contribution in [1.29, 1.82) is 0 Å². The van der Waals surface area contributed by atoms with Crippen LogP contribution < -0.4 is 0 Å². The molecule has 126 valence electrons. The van der Waals surface area contributed by atoms with Crippen LogP contribution in [0.15, 0.2) is 21.7 Å². The molecule has 0 atom stereocenters. The summed E-state index contributed by atoms with van der Waals surface area (Å²) in [4.78, 5) is 4.72. The summed E-state index contributed by atoms with van der Waals surface area (Å²) in [7, 11) is 1.31. The SMILES string of the molecule is CN(C)S(=O)(=O)c1cc(-c2nc(C3CCCCC3)no2)n(C)c1. The molecule has 1 fully saturated rings. The topological polar surface area (TPSA) is 81.2 Å². The number of aromatic nitrogens is 3. The number of nitrogens with zero attached hydrogens (tertiary/aromatic N) is 4. The van der Waals surface area contributed by atoms with Gasteiger partial charge in [-0.15, -0.1) is 0 Å². The van der Waals surface area contributed by atoms with E-state index >= 15 is 0 Å². The van der Waals surface area contributed by atoms with Crippen LogP contribution in [0, 0.1) is 0 Å². The van der Waals surface area contributed by atoms with Gasteiger partial charge in [-0.25, -0.2) is 12.7 Å². The van der Waals surface area contributed by atoms with Crippen LogP contribution in [0.25, 0.3) is 11.6 Å². The lowest BCUT2D eigenvalue weighted by atomic mass is 9.89. The van der Waals surface area contributed by atoms with Gasteiger partial charge in [0.15, 0.2) is 5.82 Å². The maximum absolute atomic E-state index is 12.2. The molecule has 2 aromatic heterocycles. The van der Waals surface area contributed by atoms with Crippen LogP contribution in [0.1, 0.15) is 43.8 Å². The third-order valence-electron chi connectivity index (χ3n) is 4.39. The summed E-state index contributed by atoms with van der Waals surface area (Å²) in [6, 6.07) is 1.58. The fourth-order valence-electron chi connectivity index (χ4n) is 2.96. The summed E-state index contributed by atoms with van der Waals surface area (Å²) in [5.74, 6) is 1.46. The van der Waals surface area contributed by atoms with E-state index < -0.39 is 10.0 Å². The van der Waals surface area contributed by atoms with Crippen LogP contribution in [-0.2, 0) is 17.1 Å². The van der Waals surface area contributed by atoms with E-state index in [0.29, 0.717) is 17.5 Å². The van der Waals surface area contributed by atoms with Gasteiger partial charge >= 0.3 is 0 Å². The van der Waals surface area contributed by atoms with Crippen LogP contribution in [-0.4, -0.2) is 41.5 Å². The minimum absolute atomic E-state index is 0.220. The van der Waals surface area contributed by atoms with Crippen molar-refractivity contribution in [2.24, 2.45) is 7.05 Å². The van der Waals surface area contributed by atoms with Crippen molar-refractivity contribution in [3.8, 4) is 11.6 Å². The summed E-state index contributed by atoms with van der Waals surface area (Å²) in [5.41, 5.74) is 0.611. The normalized spacial score (nSPS) is 17.0.